The van der Waals surface area contributed by atoms with Crippen molar-refractivity contribution in [3.63, 3.8) is 0 Å². The summed E-state index contributed by atoms with van der Waals surface area (Å²) < 4.78 is 8.52. The lowest BCUT2D eigenvalue weighted by atomic mass is 9.97. The second-order valence-corrected chi connectivity index (χ2v) is 9.43. The summed E-state index contributed by atoms with van der Waals surface area (Å²) in [5.41, 5.74) is 3.12. The minimum Gasteiger partial charge on any atom is -0.379 e. The molecule has 1 saturated heterocycles. The normalized spacial score (nSPS) is 16.8. The van der Waals surface area contributed by atoms with E-state index in [-0.39, 0.29) is 24.8 Å². The summed E-state index contributed by atoms with van der Waals surface area (Å²) in [6.45, 7) is 6.08. The average molecular weight is 474 g/mol. The van der Waals surface area contributed by atoms with Gasteiger partial charge >= 0.3 is 0 Å². The van der Waals surface area contributed by atoms with Crippen molar-refractivity contribution in [1.29, 1.82) is 0 Å². The Morgan fingerprint density at radius 1 is 1.17 bits per heavy atom. The predicted molar refractivity (Wildman–Crippen MR) is 131 cm³/mol. The molecule has 0 amide bonds. The summed E-state index contributed by atoms with van der Waals surface area (Å²) >= 11 is 0. The van der Waals surface area contributed by atoms with Crippen molar-refractivity contribution in [2.75, 3.05) is 25.1 Å². The van der Waals surface area contributed by atoms with Crippen LogP contribution in [-0.4, -0.2) is 49.2 Å². The SMILES string of the molecule is CC(C)n1c(=O)c2cnc(Nc3ccc4c(c3)CNCC4)nc2n1-c1cccc(C2(O)COC2)n1. The number of aromatic nitrogens is 5. The zero-order valence-electron chi connectivity index (χ0n) is 19.7. The number of aliphatic hydroxyl groups is 1. The largest absolute Gasteiger partial charge is 0.379 e. The van der Waals surface area contributed by atoms with Crippen molar-refractivity contribution < 1.29 is 9.84 Å². The highest BCUT2D eigenvalue weighted by atomic mass is 16.5. The highest BCUT2D eigenvalue weighted by Gasteiger charge is 2.39. The molecule has 0 aliphatic carbocycles. The topological polar surface area (TPSA) is 119 Å². The van der Waals surface area contributed by atoms with Gasteiger partial charge in [0.25, 0.3) is 5.56 Å². The molecule has 0 bridgehead atoms. The maximum absolute atomic E-state index is 13.3. The van der Waals surface area contributed by atoms with Crippen molar-refractivity contribution in [2.45, 2.75) is 38.5 Å². The van der Waals surface area contributed by atoms with E-state index in [0.717, 1.165) is 25.2 Å². The Labute approximate surface area is 201 Å². The van der Waals surface area contributed by atoms with Crippen LogP contribution in [0.15, 0.2) is 47.4 Å². The van der Waals surface area contributed by atoms with E-state index in [9.17, 15) is 9.90 Å². The van der Waals surface area contributed by atoms with Gasteiger partial charge in [-0.1, -0.05) is 12.1 Å². The van der Waals surface area contributed by atoms with Crippen LogP contribution in [0.4, 0.5) is 11.6 Å². The molecule has 3 N–H and O–H groups in total. The summed E-state index contributed by atoms with van der Waals surface area (Å²) in [6.07, 6.45) is 2.57. The number of benzene rings is 1. The quantitative estimate of drug-likeness (QED) is 0.404. The minimum absolute atomic E-state index is 0.151. The third-order valence-electron chi connectivity index (χ3n) is 6.57. The van der Waals surface area contributed by atoms with Crippen molar-refractivity contribution in [2.24, 2.45) is 0 Å². The lowest BCUT2D eigenvalue weighted by molar-refractivity contribution is -0.186. The highest BCUT2D eigenvalue weighted by Crippen LogP contribution is 2.29. The van der Waals surface area contributed by atoms with Crippen LogP contribution in [0.2, 0.25) is 0 Å². The summed E-state index contributed by atoms with van der Waals surface area (Å²) in [4.78, 5) is 27.1. The molecule has 1 fully saturated rings. The maximum atomic E-state index is 13.3. The maximum Gasteiger partial charge on any atom is 0.278 e. The molecule has 10 heteroatoms. The van der Waals surface area contributed by atoms with Crippen LogP contribution in [0.1, 0.15) is 36.7 Å². The molecule has 3 aromatic heterocycles. The second kappa shape index (κ2) is 8.26. The zero-order chi connectivity index (χ0) is 24.2. The summed E-state index contributed by atoms with van der Waals surface area (Å²) in [5, 5.41) is 17.8. The Hall–Kier alpha value is -3.60. The molecule has 2 aliphatic rings. The van der Waals surface area contributed by atoms with Gasteiger partial charge in [0.2, 0.25) is 5.95 Å². The van der Waals surface area contributed by atoms with Crippen LogP contribution in [-0.2, 0) is 23.3 Å². The molecule has 0 unspecified atom stereocenters. The number of nitrogens with zero attached hydrogens (tertiary/aromatic N) is 5. The Morgan fingerprint density at radius 2 is 2.03 bits per heavy atom. The van der Waals surface area contributed by atoms with Crippen LogP contribution in [0.25, 0.3) is 16.9 Å². The summed E-state index contributed by atoms with van der Waals surface area (Å²) in [5.74, 6) is 0.881. The Balaban J connectivity index is 1.45. The third kappa shape index (κ3) is 3.70. The molecule has 2 aliphatic heterocycles. The van der Waals surface area contributed by atoms with Gasteiger partial charge in [-0.05, 0) is 62.2 Å². The minimum atomic E-state index is -1.12. The first kappa shape index (κ1) is 21.9. The number of anilines is 2. The molecule has 5 heterocycles. The number of nitrogens with one attached hydrogen (secondary N) is 2. The highest BCUT2D eigenvalue weighted by molar-refractivity contribution is 5.77. The fourth-order valence-electron chi connectivity index (χ4n) is 4.68. The molecule has 180 valence electrons. The standard InChI is InChI=1S/C25H27N7O3/c1-15(2)31-23(33)19-12-27-24(28-18-7-6-16-8-9-26-11-17(16)10-18)30-22(19)32(31)21-5-3-4-20(29-21)25(34)13-35-14-25/h3-7,10,12,15,26,34H,8-9,11,13-14H2,1-2H3,(H,27,28,30). The second-order valence-electron chi connectivity index (χ2n) is 9.43. The average Bonchev–Trinajstić information content (AvgIpc) is 3.14. The molecular formula is C25H27N7O3. The Bertz CT molecular complexity index is 1490. The number of pyridine rings is 1. The van der Waals surface area contributed by atoms with Crippen molar-refractivity contribution >= 4 is 22.7 Å². The van der Waals surface area contributed by atoms with Gasteiger partial charge in [-0.25, -0.2) is 19.3 Å². The van der Waals surface area contributed by atoms with Gasteiger partial charge in [0, 0.05) is 24.5 Å². The van der Waals surface area contributed by atoms with E-state index in [1.165, 1.54) is 11.1 Å². The number of hydrogen-bond acceptors (Lipinski definition) is 8. The molecular weight excluding hydrogens is 446 g/mol. The Morgan fingerprint density at radius 3 is 2.80 bits per heavy atom. The van der Waals surface area contributed by atoms with E-state index in [2.05, 4.69) is 27.8 Å². The fourth-order valence-corrected chi connectivity index (χ4v) is 4.68. The van der Waals surface area contributed by atoms with Gasteiger partial charge < -0.3 is 20.5 Å². The van der Waals surface area contributed by atoms with E-state index in [1.54, 1.807) is 27.7 Å². The van der Waals surface area contributed by atoms with Crippen molar-refractivity contribution in [1.82, 2.24) is 29.6 Å². The molecule has 4 aromatic rings. The molecule has 0 radical (unpaired) electrons. The van der Waals surface area contributed by atoms with Gasteiger partial charge in [-0.15, -0.1) is 0 Å². The smallest absolute Gasteiger partial charge is 0.278 e. The molecule has 6 rings (SSSR count). The van der Waals surface area contributed by atoms with Crippen molar-refractivity contribution in [3.05, 3.63) is 69.8 Å². The van der Waals surface area contributed by atoms with E-state index < -0.39 is 5.60 Å². The number of fused-ring (bicyclic) bond motifs is 2. The summed E-state index contributed by atoms with van der Waals surface area (Å²) in [7, 11) is 0. The molecule has 0 saturated carbocycles. The molecule has 0 spiro atoms. The Kier molecular flexibility index (Phi) is 5.17. The third-order valence-corrected chi connectivity index (χ3v) is 6.57. The zero-order valence-corrected chi connectivity index (χ0v) is 19.7. The number of rotatable bonds is 5. The first-order chi connectivity index (χ1) is 16.9. The van der Waals surface area contributed by atoms with Gasteiger partial charge in [-0.2, -0.15) is 4.98 Å². The monoisotopic (exact) mass is 473 g/mol. The lowest BCUT2D eigenvalue weighted by Crippen LogP contribution is -2.47. The van der Waals surface area contributed by atoms with E-state index >= 15 is 0 Å². The number of hydrogen-bond donors (Lipinski definition) is 3. The van der Waals surface area contributed by atoms with Crippen LogP contribution < -0.4 is 16.2 Å². The van der Waals surface area contributed by atoms with E-state index in [4.69, 9.17) is 14.7 Å². The molecule has 35 heavy (non-hydrogen) atoms. The van der Waals surface area contributed by atoms with Crippen LogP contribution in [0.3, 0.4) is 0 Å². The van der Waals surface area contributed by atoms with Crippen LogP contribution >= 0.6 is 0 Å². The van der Waals surface area contributed by atoms with Gasteiger partial charge in [0.15, 0.2) is 17.1 Å². The number of ether oxygens (including phenoxy) is 1. The first-order valence-electron chi connectivity index (χ1n) is 11.8. The first-order valence-corrected chi connectivity index (χ1v) is 11.8. The van der Waals surface area contributed by atoms with Gasteiger partial charge in [-0.3, -0.25) is 4.79 Å². The molecule has 0 atom stereocenters. The van der Waals surface area contributed by atoms with Crippen LogP contribution in [0.5, 0.6) is 0 Å². The lowest BCUT2D eigenvalue weighted by Gasteiger charge is -2.35. The van der Waals surface area contributed by atoms with Gasteiger partial charge in [0.1, 0.15) is 5.39 Å². The predicted octanol–water partition coefficient (Wildman–Crippen LogP) is 2.17. The fraction of sp³-hybridized carbons (Fsp3) is 0.360. The summed E-state index contributed by atoms with van der Waals surface area (Å²) in [6, 6.07) is 11.5. The van der Waals surface area contributed by atoms with Crippen molar-refractivity contribution in [3.8, 4) is 5.82 Å². The molecule has 10 nitrogen and oxygen atoms in total. The molecule has 1 aromatic carbocycles. The van der Waals surface area contributed by atoms with E-state index in [0.29, 0.717) is 28.5 Å². The van der Waals surface area contributed by atoms with Crippen LogP contribution in [0, 0.1) is 0 Å². The van der Waals surface area contributed by atoms with E-state index in [1.807, 2.05) is 26.0 Å². The van der Waals surface area contributed by atoms with Gasteiger partial charge in [0.05, 0.1) is 18.9 Å².